The number of thiol groups is 1. The average Bonchev–Trinajstić information content (AvgIpc) is 3.33. The molecule has 13 heteroatoms. The van der Waals surface area contributed by atoms with E-state index in [0.717, 1.165) is 0 Å². The van der Waals surface area contributed by atoms with Gasteiger partial charge < -0.3 is 36.9 Å². The predicted octanol–water partition coefficient (Wildman–Crippen LogP) is -2.02. The number of aromatic amines is 1. The highest BCUT2D eigenvalue weighted by Gasteiger charge is 2.30. The number of hydrogen-bond donors (Lipinski definition) is 8. The van der Waals surface area contributed by atoms with Crippen LogP contribution in [0.1, 0.15) is 11.3 Å². The molecule has 0 bridgehead atoms. The molecule has 0 aliphatic carbocycles. The Labute approximate surface area is 201 Å². The second kappa shape index (κ2) is 13.3. The molecular formula is C21H28N6O6S. The summed E-state index contributed by atoms with van der Waals surface area (Å²) in [6.45, 7) is -0.748. The Hall–Kier alpha value is -3.42. The molecule has 4 atom stereocenters. The summed E-state index contributed by atoms with van der Waals surface area (Å²) < 4.78 is 0. The topological polar surface area (TPSA) is 200 Å². The molecule has 0 fully saturated rings. The lowest BCUT2D eigenvalue weighted by atomic mass is 10.0. The number of nitrogens with one attached hydrogen (secondary N) is 4. The molecule has 0 radical (unpaired) electrons. The third kappa shape index (κ3) is 8.17. The second-order valence-electron chi connectivity index (χ2n) is 7.46. The van der Waals surface area contributed by atoms with Gasteiger partial charge in [0.05, 0.1) is 19.0 Å². The number of amides is 3. The molecule has 0 aliphatic heterocycles. The number of imidazole rings is 1. The van der Waals surface area contributed by atoms with Gasteiger partial charge >= 0.3 is 5.97 Å². The first-order chi connectivity index (χ1) is 16.2. The predicted molar refractivity (Wildman–Crippen MR) is 125 cm³/mol. The van der Waals surface area contributed by atoms with Crippen molar-refractivity contribution >= 4 is 36.3 Å². The fraction of sp³-hybridized carbons (Fsp3) is 0.381. The van der Waals surface area contributed by atoms with Gasteiger partial charge in [0.2, 0.25) is 17.7 Å². The molecular weight excluding hydrogens is 464 g/mol. The summed E-state index contributed by atoms with van der Waals surface area (Å²) in [5, 5.41) is 26.0. The van der Waals surface area contributed by atoms with Crippen LogP contribution in [0.5, 0.6) is 0 Å². The molecule has 0 aliphatic rings. The first-order valence-electron chi connectivity index (χ1n) is 10.4. The van der Waals surface area contributed by atoms with Gasteiger partial charge in [-0.25, -0.2) is 9.78 Å². The number of hydrogen-bond acceptors (Lipinski definition) is 8. The fourth-order valence-corrected chi connectivity index (χ4v) is 3.24. The molecule has 1 aromatic carbocycles. The Morgan fingerprint density at radius 1 is 0.971 bits per heavy atom. The molecule has 184 valence electrons. The molecule has 2 aromatic rings. The van der Waals surface area contributed by atoms with Crippen LogP contribution < -0.4 is 21.7 Å². The van der Waals surface area contributed by atoms with Crippen molar-refractivity contribution in [2.24, 2.45) is 5.73 Å². The number of carboxylic acid groups (broad SMARTS) is 1. The van der Waals surface area contributed by atoms with Crippen molar-refractivity contribution in [3.8, 4) is 0 Å². The highest BCUT2D eigenvalue weighted by Crippen LogP contribution is 2.05. The third-order valence-corrected chi connectivity index (χ3v) is 5.22. The molecule has 3 amide bonds. The summed E-state index contributed by atoms with van der Waals surface area (Å²) in [7, 11) is 0. The Bertz CT molecular complexity index is 958. The van der Waals surface area contributed by atoms with Crippen molar-refractivity contribution in [2.75, 3.05) is 12.4 Å². The number of carbonyl (C=O) groups is 4. The van der Waals surface area contributed by atoms with E-state index in [4.69, 9.17) is 5.73 Å². The molecule has 0 saturated carbocycles. The number of aromatic nitrogens is 2. The van der Waals surface area contributed by atoms with Gasteiger partial charge in [-0.1, -0.05) is 30.3 Å². The Kier molecular flexibility index (Phi) is 10.5. The van der Waals surface area contributed by atoms with Gasteiger partial charge in [0.1, 0.15) is 18.1 Å². The summed E-state index contributed by atoms with van der Waals surface area (Å²) in [5.41, 5.74) is 7.18. The van der Waals surface area contributed by atoms with Gasteiger partial charge in [-0.05, 0) is 5.56 Å². The van der Waals surface area contributed by atoms with Crippen molar-refractivity contribution in [3.05, 3.63) is 54.1 Å². The summed E-state index contributed by atoms with van der Waals surface area (Å²) >= 11 is 3.92. The van der Waals surface area contributed by atoms with Crippen LogP contribution in [0.4, 0.5) is 0 Å². The zero-order valence-corrected chi connectivity index (χ0v) is 19.1. The standard InChI is InChI=1S/C21H28N6O6S/c22-14(7-13-8-23-11-24-13)18(29)26-16(9-28)20(31)25-15(6-12-4-2-1-3-5-12)19(30)27-17(10-34)21(32)33/h1-5,8,11,14-17,28,34H,6-7,9-10,22H2,(H,23,24)(H,25,31)(H,26,29)(H,27,30)(H,32,33). The molecule has 1 heterocycles. The van der Waals surface area contributed by atoms with Crippen LogP contribution in [-0.2, 0) is 32.0 Å². The summed E-state index contributed by atoms with van der Waals surface area (Å²) in [5.74, 6) is -3.71. The number of aliphatic hydroxyl groups excluding tert-OH is 1. The van der Waals surface area contributed by atoms with Gasteiger partial charge in [-0.3, -0.25) is 14.4 Å². The molecule has 1 aromatic heterocycles. The minimum atomic E-state index is -1.38. The summed E-state index contributed by atoms with van der Waals surface area (Å²) in [6.07, 6.45) is 3.11. The lowest BCUT2D eigenvalue weighted by molar-refractivity contribution is -0.141. The number of nitrogens with zero attached hydrogens (tertiary/aromatic N) is 1. The van der Waals surface area contributed by atoms with Crippen LogP contribution in [0.3, 0.4) is 0 Å². The van der Waals surface area contributed by atoms with Crippen molar-refractivity contribution < 1.29 is 29.4 Å². The Balaban J connectivity index is 2.08. The number of aliphatic hydroxyl groups is 1. The normalized spacial score (nSPS) is 14.3. The molecule has 12 nitrogen and oxygen atoms in total. The first-order valence-corrected chi connectivity index (χ1v) is 11.0. The highest BCUT2D eigenvalue weighted by molar-refractivity contribution is 7.80. The lowest BCUT2D eigenvalue weighted by Gasteiger charge is -2.24. The van der Waals surface area contributed by atoms with E-state index in [-0.39, 0.29) is 18.6 Å². The van der Waals surface area contributed by atoms with Gasteiger partial charge in [-0.15, -0.1) is 0 Å². The number of benzene rings is 1. The number of nitrogens with two attached hydrogens (primary N) is 1. The largest absolute Gasteiger partial charge is 0.480 e. The van der Waals surface area contributed by atoms with E-state index in [1.54, 1.807) is 30.3 Å². The number of carboxylic acids is 1. The van der Waals surface area contributed by atoms with E-state index < -0.39 is 54.5 Å². The maximum absolute atomic E-state index is 12.8. The van der Waals surface area contributed by atoms with Gasteiger partial charge in [0, 0.05) is 30.5 Å². The monoisotopic (exact) mass is 492 g/mol. The minimum Gasteiger partial charge on any atom is -0.480 e. The van der Waals surface area contributed by atoms with Crippen molar-refractivity contribution in [3.63, 3.8) is 0 Å². The molecule has 4 unspecified atom stereocenters. The Morgan fingerprint density at radius 3 is 2.15 bits per heavy atom. The van der Waals surface area contributed by atoms with E-state index in [1.165, 1.54) is 12.5 Å². The number of aliphatic carboxylic acids is 1. The number of rotatable bonds is 13. The highest BCUT2D eigenvalue weighted by atomic mass is 32.1. The molecule has 0 spiro atoms. The zero-order chi connectivity index (χ0) is 25.1. The summed E-state index contributed by atoms with van der Waals surface area (Å²) in [6, 6.07) is 3.90. The molecule has 2 rings (SSSR count). The average molecular weight is 493 g/mol. The van der Waals surface area contributed by atoms with Crippen molar-refractivity contribution in [1.82, 2.24) is 25.9 Å². The van der Waals surface area contributed by atoms with Crippen LogP contribution in [0.2, 0.25) is 0 Å². The van der Waals surface area contributed by atoms with Crippen LogP contribution in [0.25, 0.3) is 0 Å². The SMILES string of the molecule is NC(Cc1cnc[nH]1)C(=O)NC(CO)C(=O)NC(Cc1ccccc1)C(=O)NC(CS)C(=O)O. The molecule has 34 heavy (non-hydrogen) atoms. The van der Waals surface area contributed by atoms with Crippen LogP contribution >= 0.6 is 12.6 Å². The maximum atomic E-state index is 12.8. The Morgan fingerprint density at radius 2 is 1.59 bits per heavy atom. The van der Waals surface area contributed by atoms with E-state index in [2.05, 4.69) is 38.5 Å². The quantitative estimate of drug-likeness (QED) is 0.146. The van der Waals surface area contributed by atoms with Gasteiger partial charge in [-0.2, -0.15) is 12.6 Å². The van der Waals surface area contributed by atoms with Crippen LogP contribution in [-0.4, -0.2) is 80.4 Å². The van der Waals surface area contributed by atoms with Gasteiger partial charge in [0.15, 0.2) is 0 Å². The molecule has 8 N–H and O–H groups in total. The summed E-state index contributed by atoms with van der Waals surface area (Å²) in [4.78, 5) is 55.9. The zero-order valence-electron chi connectivity index (χ0n) is 18.2. The number of H-pyrrole nitrogens is 1. The molecule has 0 saturated heterocycles. The van der Waals surface area contributed by atoms with Crippen molar-refractivity contribution in [2.45, 2.75) is 37.0 Å². The van der Waals surface area contributed by atoms with Gasteiger partial charge in [0.25, 0.3) is 0 Å². The van der Waals surface area contributed by atoms with Crippen molar-refractivity contribution in [1.29, 1.82) is 0 Å². The van der Waals surface area contributed by atoms with Crippen LogP contribution in [0.15, 0.2) is 42.9 Å². The van der Waals surface area contributed by atoms with E-state index in [0.29, 0.717) is 11.3 Å². The lowest BCUT2D eigenvalue weighted by Crippen LogP contribution is -2.58. The minimum absolute atomic E-state index is 0.0444. The fourth-order valence-electron chi connectivity index (χ4n) is 2.99. The first kappa shape index (κ1) is 26.8. The third-order valence-electron chi connectivity index (χ3n) is 4.86. The number of carbonyl (C=O) groups excluding carboxylic acids is 3. The van der Waals surface area contributed by atoms with E-state index in [1.807, 2.05) is 0 Å². The van der Waals surface area contributed by atoms with E-state index in [9.17, 15) is 29.4 Å². The van der Waals surface area contributed by atoms with E-state index >= 15 is 0 Å². The smallest absolute Gasteiger partial charge is 0.327 e. The second-order valence-corrected chi connectivity index (χ2v) is 7.83. The van der Waals surface area contributed by atoms with Crippen LogP contribution in [0, 0.1) is 0 Å². The maximum Gasteiger partial charge on any atom is 0.327 e.